The zero-order valence-electron chi connectivity index (χ0n) is 11.9. The SMILES string of the molecule is O=C(Nc1ccccc1F)c1ccc(=O)n(-c2ccccc2)n1. The summed E-state index contributed by atoms with van der Waals surface area (Å²) in [5, 5.41) is 6.47. The number of carbonyl (C=O) groups excluding carboxylic acids is 1. The van der Waals surface area contributed by atoms with E-state index in [2.05, 4.69) is 10.4 Å². The summed E-state index contributed by atoms with van der Waals surface area (Å²) in [7, 11) is 0. The maximum atomic E-state index is 13.6. The van der Waals surface area contributed by atoms with Crippen LogP contribution < -0.4 is 10.9 Å². The van der Waals surface area contributed by atoms with Gasteiger partial charge in [0.05, 0.1) is 11.4 Å². The zero-order valence-corrected chi connectivity index (χ0v) is 11.9. The van der Waals surface area contributed by atoms with Crippen molar-refractivity contribution in [2.75, 3.05) is 5.32 Å². The van der Waals surface area contributed by atoms with Crippen molar-refractivity contribution >= 4 is 11.6 Å². The number of anilines is 1. The lowest BCUT2D eigenvalue weighted by atomic mass is 10.3. The quantitative estimate of drug-likeness (QED) is 0.809. The average molecular weight is 309 g/mol. The summed E-state index contributed by atoms with van der Waals surface area (Å²) in [4.78, 5) is 24.1. The molecule has 0 unspecified atom stereocenters. The number of amides is 1. The molecule has 0 saturated heterocycles. The first-order valence-electron chi connectivity index (χ1n) is 6.87. The maximum absolute atomic E-state index is 13.6. The molecule has 0 aliphatic rings. The van der Waals surface area contributed by atoms with Gasteiger partial charge >= 0.3 is 0 Å². The van der Waals surface area contributed by atoms with Crippen LogP contribution in [-0.4, -0.2) is 15.7 Å². The number of benzene rings is 2. The Labute approximate surface area is 131 Å². The zero-order chi connectivity index (χ0) is 16.2. The lowest BCUT2D eigenvalue weighted by Gasteiger charge is -2.08. The second-order valence-corrected chi connectivity index (χ2v) is 4.74. The van der Waals surface area contributed by atoms with E-state index in [9.17, 15) is 14.0 Å². The Hall–Kier alpha value is -3.28. The first-order valence-corrected chi connectivity index (χ1v) is 6.87. The van der Waals surface area contributed by atoms with Crippen LogP contribution in [0.3, 0.4) is 0 Å². The van der Waals surface area contributed by atoms with E-state index in [0.717, 1.165) is 4.68 Å². The molecule has 3 aromatic rings. The Morgan fingerprint density at radius 1 is 0.957 bits per heavy atom. The van der Waals surface area contributed by atoms with Crippen LogP contribution in [0.5, 0.6) is 0 Å². The van der Waals surface area contributed by atoms with E-state index < -0.39 is 11.7 Å². The highest BCUT2D eigenvalue weighted by molar-refractivity contribution is 6.02. The van der Waals surface area contributed by atoms with Crippen molar-refractivity contribution in [3.8, 4) is 5.69 Å². The number of halogens is 1. The summed E-state index contributed by atoms with van der Waals surface area (Å²) < 4.78 is 14.7. The predicted molar refractivity (Wildman–Crippen MR) is 84.2 cm³/mol. The minimum atomic E-state index is -0.597. The number of para-hydroxylation sites is 2. The fraction of sp³-hybridized carbons (Fsp3) is 0. The molecule has 114 valence electrons. The molecule has 5 nitrogen and oxygen atoms in total. The molecule has 1 heterocycles. The van der Waals surface area contributed by atoms with E-state index in [1.165, 1.54) is 30.3 Å². The molecule has 2 aromatic carbocycles. The van der Waals surface area contributed by atoms with E-state index >= 15 is 0 Å². The van der Waals surface area contributed by atoms with Gasteiger partial charge in [0.15, 0.2) is 0 Å². The largest absolute Gasteiger partial charge is 0.318 e. The molecule has 1 amide bonds. The van der Waals surface area contributed by atoms with Crippen molar-refractivity contribution in [3.05, 3.63) is 88.6 Å². The molecular weight excluding hydrogens is 297 g/mol. The van der Waals surface area contributed by atoms with Gasteiger partial charge < -0.3 is 5.32 Å². The van der Waals surface area contributed by atoms with Crippen LogP contribution in [0.2, 0.25) is 0 Å². The number of nitrogens with one attached hydrogen (secondary N) is 1. The van der Waals surface area contributed by atoms with Crippen molar-refractivity contribution in [1.29, 1.82) is 0 Å². The lowest BCUT2D eigenvalue weighted by molar-refractivity contribution is 0.102. The topological polar surface area (TPSA) is 64.0 Å². The molecule has 23 heavy (non-hydrogen) atoms. The van der Waals surface area contributed by atoms with Crippen molar-refractivity contribution in [3.63, 3.8) is 0 Å². The Balaban J connectivity index is 1.93. The van der Waals surface area contributed by atoms with Gasteiger partial charge in [0.1, 0.15) is 11.5 Å². The molecule has 0 radical (unpaired) electrons. The molecule has 0 fully saturated rings. The van der Waals surface area contributed by atoms with Gasteiger partial charge in [0.25, 0.3) is 11.5 Å². The van der Waals surface area contributed by atoms with E-state index in [1.54, 1.807) is 30.3 Å². The number of nitrogens with zero attached hydrogens (tertiary/aromatic N) is 2. The van der Waals surface area contributed by atoms with E-state index in [1.807, 2.05) is 6.07 Å². The third-order valence-electron chi connectivity index (χ3n) is 3.16. The van der Waals surface area contributed by atoms with E-state index in [4.69, 9.17) is 0 Å². The number of hydrogen-bond acceptors (Lipinski definition) is 3. The molecule has 0 aliphatic carbocycles. The predicted octanol–water partition coefficient (Wildman–Crippen LogP) is 2.62. The van der Waals surface area contributed by atoms with Crippen LogP contribution in [0.1, 0.15) is 10.5 Å². The smallest absolute Gasteiger partial charge is 0.276 e. The fourth-order valence-electron chi connectivity index (χ4n) is 2.04. The van der Waals surface area contributed by atoms with Crippen LogP contribution >= 0.6 is 0 Å². The maximum Gasteiger partial charge on any atom is 0.276 e. The van der Waals surface area contributed by atoms with Crippen molar-refractivity contribution < 1.29 is 9.18 Å². The standard InChI is InChI=1S/C17H12FN3O2/c18-13-8-4-5-9-14(13)19-17(23)15-10-11-16(22)21(20-15)12-6-2-1-3-7-12/h1-11H,(H,19,23). The number of carbonyl (C=O) groups is 1. The minimum Gasteiger partial charge on any atom is -0.318 e. The average Bonchev–Trinajstić information content (AvgIpc) is 2.58. The first-order chi connectivity index (χ1) is 11.1. The van der Waals surface area contributed by atoms with Gasteiger partial charge in [0, 0.05) is 6.07 Å². The molecule has 1 aromatic heterocycles. The summed E-state index contributed by atoms with van der Waals surface area (Å²) in [5.74, 6) is -1.14. The summed E-state index contributed by atoms with van der Waals surface area (Å²) in [6.07, 6.45) is 0. The van der Waals surface area contributed by atoms with E-state index in [0.29, 0.717) is 5.69 Å². The summed E-state index contributed by atoms with van der Waals surface area (Å²) in [6, 6.07) is 17.1. The van der Waals surface area contributed by atoms with Gasteiger partial charge in [-0.3, -0.25) is 9.59 Å². The highest BCUT2D eigenvalue weighted by atomic mass is 19.1. The van der Waals surface area contributed by atoms with Gasteiger partial charge in [-0.15, -0.1) is 0 Å². The summed E-state index contributed by atoms with van der Waals surface area (Å²) in [6.45, 7) is 0. The monoisotopic (exact) mass is 309 g/mol. The Bertz CT molecular complexity index is 907. The molecule has 3 rings (SSSR count). The number of aromatic nitrogens is 2. The van der Waals surface area contributed by atoms with Gasteiger partial charge in [-0.05, 0) is 30.3 Å². The van der Waals surface area contributed by atoms with Crippen LogP contribution in [0.25, 0.3) is 5.69 Å². The number of hydrogen-bond donors (Lipinski definition) is 1. The van der Waals surface area contributed by atoms with Gasteiger partial charge in [0.2, 0.25) is 0 Å². The fourth-order valence-corrected chi connectivity index (χ4v) is 2.04. The van der Waals surface area contributed by atoms with Gasteiger partial charge in [-0.2, -0.15) is 9.78 Å². The lowest BCUT2D eigenvalue weighted by Crippen LogP contribution is -2.25. The second-order valence-electron chi connectivity index (χ2n) is 4.74. The van der Waals surface area contributed by atoms with E-state index in [-0.39, 0.29) is 16.9 Å². The van der Waals surface area contributed by atoms with Crippen molar-refractivity contribution in [1.82, 2.24) is 9.78 Å². The first kappa shape index (κ1) is 14.6. The third kappa shape index (κ3) is 3.16. The molecule has 0 bridgehead atoms. The summed E-state index contributed by atoms with van der Waals surface area (Å²) >= 11 is 0. The molecule has 0 saturated carbocycles. The van der Waals surface area contributed by atoms with Gasteiger partial charge in [-0.1, -0.05) is 30.3 Å². The Morgan fingerprint density at radius 2 is 1.65 bits per heavy atom. The van der Waals surface area contributed by atoms with Crippen LogP contribution in [0.4, 0.5) is 10.1 Å². The Morgan fingerprint density at radius 3 is 2.39 bits per heavy atom. The normalized spacial score (nSPS) is 10.3. The molecule has 0 aliphatic heterocycles. The van der Waals surface area contributed by atoms with Crippen LogP contribution in [-0.2, 0) is 0 Å². The molecular formula is C17H12FN3O2. The highest BCUT2D eigenvalue weighted by Gasteiger charge is 2.12. The molecule has 0 spiro atoms. The molecule has 1 N–H and O–H groups in total. The van der Waals surface area contributed by atoms with Crippen LogP contribution in [0.15, 0.2) is 71.5 Å². The van der Waals surface area contributed by atoms with Crippen molar-refractivity contribution in [2.24, 2.45) is 0 Å². The Kier molecular flexibility index (Phi) is 3.97. The summed E-state index contributed by atoms with van der Waals surface area (Å²) in [5.41, 5.74) is 0.241. The van der Waals surface area contributed by atoms with Crippen molar-refractivity contribution in [2.45, 2.75) is 0 Å². The molecule has 6 heteroatoms. The third-order valence-corrected chi connectivity index (χ3v) is 3.16. The van der Waals surface area contributed by atoms with Crippen LogP contribution in [0, 0.1) is 5.82 Å². The highest BCUT2D eigenvalue weighted by Crippen LogP contribution is 2.13. The molecule has 0 atom stereocenters. The second kappa shape index (κ2) is 6.23. The van der Waals surface area contributed by atoms with Gasteiger partial charge in [-0.25, -0.2) is 4.39 Å². The minimum absolute atomic E-state index is 0.0108. The number of rotatable bonds is 3.